The van der Waals surface area contributed by atoms with Crippen LogP contribution in [0.25, 0.3) is 0 Å². The summed E-state index contributed by atoms with van der Waals surface area (Å²) in [5, 5.41) is 13.1. The summed E-state index contributed by atoms with van der Waals surface area (Å²) in [5.41, 5.74) is 0. The van der Waals surface area contributed by atoms with Crippen molar-refractivity contribution < 1.29 is 9.59 Å². The molecular formula is C16H21N5O2S. The second-order valence-electron chi connectivity index (χ2n) is 5.91. The van der Waals surface area contributed by atoms with E-state index in [1.54, 1.807) is 13.1 Å². The van der Waals surface area contributed by atoms with Crippen LogP contribution in [0.3, 0.4) is 0 Å². The van der Waals surface area contributed by atoms with Crippen LogP contribution in [0.15, 0.2) is 17.5 Å². The molecule has 0 aromatic carbocycles. The predicted molar refractivity (Wildman–Crippen MR) is 90.7 cm³/mol. The maximum atomic E-state index is 12.1. The first-order valence-corrected chi connectivity index (χ1v) is 8.99. The van der Waals surface area contributed by atoms with Gasteiger partial charge < -0.3 is 14.8 Å². The highest BCUT2D eigenvalue weighted by molar-refractivity contribution is 7.12. The maximum Gasteiger partial charge on any atom is 0.264 e. The van der Waals surface area contributed by atoms with E-state index in [0.29, 0.717) is 11.4 Å². The Kier molecular flexibility index (Phi) is 5.24. The quantitative estimate of drug-likeness (QED) is 0.888. The van der Waals surface area contributed by atoms with Crippen molar-refractivity contribution >= 4 is 23.2 Å². The molecule has 128 valence electrons. The number of thiophene rings is 1. The van der Waals surface area contributed by atoms with Crippen LogP contribution in [-0.4, -0.2) is 45.1 Å². The number of likely N-dealkylation sites (N-methyl/N-ethyl adjacent to an activating group) is 1. The lowest BCUT2D eigenvalue weighted by molar-refractivity contribution is -0.121. The van der Waals surface area contributed by atoms with Crippen LogP contribution >= 0.6 is 11.3 Å². The van der Waals surface area contributed by atoms with Gasteiger partial charge >= 0.3 is 0 Å². The number of amides is 2. The van der Waals surface area contributed by atoms with Crippen molar-refractivity contribution in [3.63, 3.8) is 0 Å². The van der Waals surface area contributed by atoms with E-state index in [0.717, 1.165) is 37.5 Å². The minimum atomic E-state index is -0.201. The Hall–Kier alpha value is -2.22. The monoisotopic (exact) mass is 347 g/mol. The third-order valence-corrected chi connectivity index (χ3v) is 4.95. The highest BCUT2D eigenvalue weighted by atomic mass is 32.1. The number of carbonyl (C=O) groups is 2. The Morgan fingerprint density at radius 1 is 1.33 bits per heavy atom. The molecule has 3 rings (SSSR count). The molecule has 1 N–H and O–H groups in total. The Morgan fingerprint density at radius 2 is 2.21 bits per heavy atom. The average Bonchev–Trinajstić information content (AvgIpc) is 3.17. The van der Waals surface area contributed by atoms with Gasteiger partial charge in [0.05, 0.1) is 18.0 Å². The molecule has 7 nitrogen and oxygen atoms in total. The van der Waals surface area contributed by atoms with Crippen LogP contribution in [0.2, 0.25) is 0 Å². The van der Waals surface area contributed by atoms with Crippen LogP contribution in [0.5, 0.6) is 0 Å². The van der Waals surface area contributed by atoms with Gasteiger partial charge in [-0.05, 0) is 24.3 Å². The summed E-state index contributed by atoms with van der Waals surface area (Å²) in [6.45, 7) is 1.27. The molecule has 0 unspecified atom stereocenters. The standard InChI is InChI=1S/C16H21N5O2S/c1-20(16(23)12-6-5-9-24-12)11-15(22)17-10-14-19-18-13-7-3-2-4-8-21(13)14/h5-6,9H,2-4,7-8,10-11H2,1H3,(H,17,22). The topological polar surface area (TPSA) is 80.1 Å². The second-order valence-corrected chi connectivity index (χ2v) is 6.86. The Bertz CT molecular complexity index is 710. The molecule has 0 fully saturated rings. The third-order valence-electron chi connectivity index (χ3n) is 4.09. The van der Waals surface area contributed by atoms with Crippen LogP contribution in [0.4, 0.5) is 0 Å². The van der Waals surface area contributed by atoms with Gasteiger partial charge in [0, 0.05) is 20.0 Å². The van der Waals surface area contributed by atoms with Gasteiger partial charge in [-0.3, -0.25) is 9.59 Å². The van der Waals surface area contributed by atoms with E-state index in [-0.39, 0.29) is 18.4 Å². The minimum Gasteiger partial charge on any atom is -0.347 e. The lowest BCUT2D eigenvalue weighted by atomic mass is 10.2. The number of rotatable bonds is 5. The highest BCUT2D eigenvalue weighted by Crippen LogP contribution is 2.14. The SMILES string of the molecule is CN(CC(=O)NCc1nnc2n1CCCCC2)C(=O)c1cccs1. The molecular weight excluding hydrogens is 326 g/mol. The number of nitrogens with zero attached hydrogens (tertiary/aromatic N) is 4. The molecule has 8 heteroatoms. The first-order valence-electron chi connectivity index (χ1n) is 8.12. The van der Waals surface area contributed by atoms with E-state index < -0.39 is 0 Å². The minimum absolute atomic E-state index is 0.0255. The molecule has 1 aliphatic rings. The zero-order valence-corrected chi connectivity index (χ0v) is 14.5. The zero-order chi connectivity index (χ0) is 16.9. The van der Waals surface area contributed by atoms with Gasteiger partial charge in [-0.25, -0.2) is 0 Å². The molecule has 0 spiro atoms. The third kappa shape index (κ3) is 3.81. The largest absolute Gasteiger partial charge is 0.347 e. The van der Waals surface area contributed by atoms with E-state index in [4.69, 9.17) is 0 Å². The molecule has 0 saturated heterocycles. The molecule has 2 amide bonds. The van der Waals surface area contributed by atoms with E-state index in [2.05, 4.69) is 20.1 Å². The molecule has 3 heterocycles. The van der Waals surface area contributed by atoms with Gasteiger partial charge in [-0.15, -0.1) is 21.5 Å². The van der Waals surface area contributed by atoms with Crippen molar-refractivity contribution in [3.8, 4) is 0 Å². The van der Waals surface area contributed by atoms with Crippen molar-refractivity contribution in [2.24, 2.45) is 0 Å². The van der Waals surface area contributed by atoms with Crippen LogP contribution in [0.1, 0.15) is 40.6 Å². The number of carbonyl (C=O) groups excluding carboxylic acids is 2. The van der Waals surface area contributed by atoms with Crippen molar-refractivity contribution in [1.29, 1.82) is 0 Å². The van der Waals surface area contributed by atoms with Crippen molar-refractivity contribution in [1.82, 2.24) is 25.0 Å². The summed E-state index contributed by atoms with van der Waals surface area (Å²) in [4.78, 5) is 26.3. The maximum absolute atomic E-state index is 12.1. The van der Waals surface area contributed by atoms with Gasteiger partial charge in [0.15, 0.2) is 5.82 Å². The molecule has 0 saturated carbocycles. The number of aromatic nitrogens is 3. The Balaban J connectivity index is 1.52. The molecule has 1 aliphatic heterocycles. The molecule has 0 bridgehead atoms. The Labute approximate surface area is 144 Å². The smallest absolute Gasteiger partial charge is 0.264 e. The van der Waals surface area contributed by atoms with Crippen LogP contribution < -0.4 is 5.32 Å². The van der Waals surface area contributed by atoms with Crippen LogP contribution in [0, 0.1) is 0 Å². The molecule has 2 aromatic heterocycles. The van der Waals surface area contributed by atoms with E-state index in [1.165, 1.54) is 22.7 Å². The van der Waals surface area contributed by atoms with Gasteiger partial charge in [-0.2, -0.15) is 0 Å². The fourth-order valence-electron chi connectivity index (χ4n) is 2.79. The molecule has 24 heavy (non-hydrogen) atoms. The predicted octanol–water partition coefficient (Wildman–Crippen LogP) is 1.45. The fourth-order valence-corrected chi connectivity index (χ4v) is 3.50. The molecule has 0 atom stereocenters. The van der Waals surface area contributed by atoms with Crippen LogP contribution in [-0.2, 0) is 24.3 Å². The van der Waals surface area contributed by atoms with Gasteiger partial charge in [-0.1, -0.05) is 12.5 Å². The lowest BCUT2D eigenvalue weighted by Crippen LogP contribution is -2.38. The normalized spacial score (nSPS) is 13.9. The van der Waals surface area contributed by atoms with Gasteiger partial charge in [0.25, 0.3) is 5.91 Å². The van der Waals surface area contributed by atoms with E-state index in [1.807, 2.05) is 11.4 Å². The van der Waals surface area contributed by atoms with E-state index in [9.17, 15) is 9.59 Å². The molecule has 0 aliphatic carbocycles. The number of nitrogens with one attached hydrogen (secondary N) is 1. The van der Waals surface area contributed by atoms with Gasteiger partial charge in [0.2, 0.25) is 5.91 Å². The first-order chi connectivity index (χ1) is 11.6. The number of fused-ring (bicyclic) bond motifs is 1. The summed E-state index contributed by atoms with van der Waals surface area (Å²) < 4.78 is 2.10. The number of hydrogen-bond acceptors (Lipinski definition) is 5. The zero-order valence-electron chi connectivity index (χ0n) is 13.7. The molecule has 0 radical (unpaired) electrons. The summed E-state index contributed by atoms with van der Waals surface area (Å²) in [6.07, 6.45) is 4.40. The summed E-state index contributed by atoms with van der Waals surface area (Å²) in [6, 6.07) is 3.58. The van der Waals surface area contributed by atoms with Crippen molar-refractivity contribution in [3.05, 3.63) is 34.0 Å². The summed E-state index contributed by atoms with van der Waals surface area (Å²) >= 11 is 1.37. The average molecular weight is 347 g/mol. The van der Waals surface area contributed by atoms with E-state index >= 15 is 0 Å². The summed E-state index contributed by atoms with van der Waals surface area (Å²) in [7, 11) is 1.63. The van der Waals surface area contributed by atoms with Crippen molar-refractivity contribution in [2.45, 2.75) is 38.8 Å². The Morgan fingerprint density at radius 3 is 3.00 bits per heavy atom. The van der Waals surface area contributed by atoms with Gasteiger partial charge in [0.1, 0.15) is 5.82 Å². The first kappa shape index (κ1) is 16.6. The number of aryl methyl sites for hydroxylation is 1. The number of hydrogen-bond donors (Lipinski definition) is 1. The highest BCUT2D eigenvalue weighted by Gasteiger charge is 2.18. The van der Waals surface area contributed by atoms with Crippen molar-refractivity contribution in [2.75, 3.05) is 13.6 Å². The molecule has 2 aromatic rings. The fraction of sp³-hybridized carbons (Fsp3) is 0.500. The summed E-state index contributed by atoms with van der Waals surface area (Å²) in [5.74, 6) is 1.44. The lowest BCUT2D eigenvalue weighted by Gasteiger charge is -2.16. The second kappa shape index (κ2) is 7.57.